The lowest BCUT2D eigenvalue weighted by Crippen LogP contribution is -2.28. The Morgan fingerprint density at radius 1 is 0.786 bits per heavy atom. The predicted octanol–water partition coefficient (Wildman–Crippen LogP) is 6.42. The van der Waals surface area contributed by atoms with Gasteiger partial charge in [-0.1, -0.05) is 80.1 Å². The molecule has 0 saturated carbocycles. The van der Waals surface area contributed by atoms with Gasteiger partial charge in [0.1, 0.15) is 0 Å². The van der Waals surface area contributed by atoms with E-state index in [1.54, 1.807) is 0 Å². The number of unbranched alkanes of at least 4 members (excludes halogenated alkanes) is 6. The zero-order chi connectivity index (χ0) is 21.5. The van der Waals surface area contributed by atoms with Gasteiger partial charge in [-0.15, -0.1) is 0 Å². The summed E-state index contributed by atoms with van der Waals surface area (Å²) in [6.07, 6.45) is 11.9. The van der Waals surface area contributed by atoms with Crippen LogP contribution in [0, 0.1) is 10.8 Å². The fourth-order valence-corrected chi connectivity index (χ4v) is 3.60. The van der Waals surface area contributed by atoms with Gasteiger partial charge in [0.2, 0.25) is 5.91 Å². The molecule has 0 radical (unpaired) electrons. The molecule has 0 rings (SSSR count). The summed E-state index contributed by atoms with van der Waals surface area (Å²) in [5, 5.41) is 2.98. The normalized spacial score (nSPS) is 12.1. The minimum Gasteiger partial charge on any atom is -0.465 e. The number of carbonyl (C=O) groups is 2. The quantitative estimate of drug-likeness (QED) is 0.227. The Kier molecular flexibility index (Phi) is 14.3. The first-order valence-corrected chi connectivity index (χ1v) is 11.5. The van der Waals surface area contributed by atoms with Crippen molar-refractivity contribution in [3.8, 4) is 0 Å². The van der Waals surface area contributed by atoms with Gasteiger partial charge in [-0.05, 0) is 36.5 Å². The standard InChI is InChI=1S/C24H47NO3/c1-7-9-10-11-12-15-18-25-21(26)16-13-14-17-22(27)28-20-24(5,6)19-23(3,4)8-2/h7-20H2,1-6H3,(H,25,26). The molecule has 0 spiro atoms. The molecule has 0 unspecified atom stereocenters. The van der Waals surface area contributed by atoms with Crippen molar-refractivity contribution in [1.29, 1.82) is 0 Å². The highest BCUT2D eigenvalue weighted by molar-refractivity contribution is 5.75. The molecule has 0 bridgehead atoms. The van der Waals surface area contributed by atoms with Crippen LogP contribution in [0.15, 0.2) is 0 Å². The number of amides is 1. The van der Waals surface area contributed by atoms with Crippen molar-refractivity contribution >= 4 is 11.9 Å². The Labute approximate surface area is 174 Å². The summed E-state index contributed by atoms with van der Waals surface area (Å²) in [5.74, 6) is -0.0419. The summed E-state index contributed by atoms with van der Waals surface area (Å²) in [6, 6.07) is 0. The zero-order valence-corrected chi connectivity index (χ0v) is 19.6. The average Bonchev–Trinajstić information content (AvgIpc) is 2.62. The molecule has 166 valence electrons. The molecule has 4 heteroatoms. The minimum atomic E-state index is -0.144. The van der Waals surface area contributed by atoms with Crippen LogP contribution in [0.2, 0.25) is 0 Å². The maximum Gasteiger partial charge on any atom is 0.305 e. The van der Waals surface area contributed by atoms with Gasteiger partial charge in [0.15, 0.2) is 0 Å². The smallest absolute Gasteiger partial charge is 0.305 e. The van der Waals surface area contributed by atoms with Crippen LogP contribution in [0.25, 0.3) is 0 Å². The second kappa shape index (κ2) is 14.9. The number of carbonyl (C=O) groups excluding carboxylic acids is 2. The molecule has 0 aliphatic rings. The van der Waals surface area contributed by atoms with Crippen LogP contribution in [-0.2, 0) is 14.3 Å². The molecule has 0 aliphatic heterocycles. The number of ether oxygens (including phenoxy) is 1. The molecular weight excluding hydrogens is 350 g/mol. The zero-order valence-electron chi connectivity index (χ0n) is 19.6. The van der Waals surface area contributed by atoms with E-state index in [2.05, 4.69) is 46.9 Å². The van der Waals surface area contributed by atoms with E-state index in [4.69, 9.17) is 4.74 Å². The van der Waals surface area contributed by atoms with Gasteiger partial charge in [0.25, 0.3) is 0 Å². The Morgan fingerprint density at radius 2 is 1.39 bits per heavy atom. The topological polar surface area (TPSA) is 55.4 Å². The Bertz CT molecular complexity index is 430. The van der Waals surface area contributed by atoms with Crippen LogP contribution in [0.5, 0.6) is 0 Å². The molecule has 0 aliphatic carbocycles. The number of esters is 1. The predicted molar refractivity (Wildman–Crippen MR) is 118 cm³/mol. The first kappa shape index (κ1) is 26.9. The van der Waals surface area contributed by atoms with Crippen LogP contribution < -0.4 is 5.32 Å². The molecule has 0 aromatic heterocycles. The van der Waals surface area contributed by atoms with Gasteiger partial charge in [0, 0.05) is 19.4 Å². The maximum atomic E-state index is 12.0. The molecule has 0 saturated heterocycles. The lowest BCUT2D eigenvalue weighted by molar-refractivity contribution is -0.147. The highest BCUT2D eigenvalue weighted by Gasteiger charge is 2.28. The Morgan fingerprint density at radius 3 is 2.04 bits per heavy atom. The second-order valence-electron chi connectivity index (χ2n) is 9.84. The summed E-state index contributed by atoms with van der Waals surface area (Å²) < 4.78 is 5.48. The lowest BCUT2D eigenvalue weighted by Gasteiger charge is -2.33. The summed E-state index contributed by atoms with van der Waals surface area (Å²) in [7, 11) is 0. The van der Waals surface area contributed by atoms with Crippen molar-refractivity contribution in [2.45, 2.75) is 119 Å². The van der Waals surface area contributed by atoms with E-state index in [0.29, 0.717) is 25.9 Å². The van der Waals surface area contributed by atoms with E-state index in [1.165, 1.54) is 32.1 Å². The van der Waals surface area contributed by atoms with Gasteiger partial charge in [-0.3, -0.25) is 9.59 Å². The lowest BCUT2D eigenvalue weighted by atomic mass is 9.74. The third-order valence-corrected chi connectivity index (χ3v) is 5.43. The summed E-state index contributed by atoms with van der Waals surface area (Å²) in [6.45, 7) is 14.5. The molecule has 0 fully saturated rings. The van der Waals surface area contributed by atoms with Crippen molar-refractivity contribution in [3.63, 3.8) is 0 Å². The van der Waals surface area contributed by atoms with E-state index in [0.717, 1.165) is 32.2 Å². The first-order chi connectivity index (χ1) is 13.1. The fourth-order valence-electron chi connectivity index (χ4n) is 3.60. The molecule has 0 aromatic rings. The van der Waals surface area contributed by atoms with Crippen LogP contribution in [0.3, 0.4) is 0 Å². The van der Waals surface area contributed by atoms with Crippen molar-refractivity contribution in [2.75, 3.05) is 13.2 Å². The average molecular weight is 398 g/mol. The number of hydrogen-bond acceptors (Lipinski definition) is 3. The summed E-state index contributed by atoms with van der Waals surface area (Å²) in [5.41, 5.74) is 0.254. The largest absolute Gasteiger partial charge is 0.465 e. The molecule has 1 N–H and O–H groups in total. The Balaban J connectivity index is 3.71. The third kappa shape index (κ3) is 15.9. The molecule has 1 amide bonds. The number of hydrogen-bond donors (Lipinski definition) is 1. The van der Waals surface area contributed by atoms with Crippen molar-refractivity contribution in [1.82, 2.24) is 5.32 Å². The van der Waals surface area contributed by atoms with Crippen LogP contribution in [0.1, 0.15) is 119 Å². The van der Waals surface area contributed by atoms with Crippen molar-refractivity contribution in [3.05, 3.63) is 0 Å². The van der Waals surface area contributed by atoms with E-state index in [9.17, 15) is 9.59 Å². The van der Waals surface area contributed by atoms with Crippen molar-refractivity contribution < 1.29 is 14.3 Å². The highest BCUT2D eigenvalue weighted by Crippen LogP contribution is 2.36. The van der Waals surface area contributed by atoms with Gasteiger partial charge in [-0.25, -0.2) is 0 Å². The highest BCUT2D eigenvalue weighted by atomic mass is 16.5. The molecule has 0 heterocycles. The number of nitrogens with one attached hydrogen (secondary N) is 1. The van der Waals surface area contributed by atoms with Crippen molar-refractivity contribution in [2.24, 2.45) is 10.8 Å². The fraction of sp³-hybridized carbons (Fsp3) is 0.917. The van der Waals surface area contributed by atoms with Gasteiger partial charge in [-0.2, -0.15) is 0 Å². The van der Waals surface area contributed by atoms with E-state index < -0.39 is 0 Å². The molecule has 0 atom stereocenters. The molecule has 28 heavy (non-hydrogen) atoms. The molecular formula is C24H47NO3. The van der Waals surface area contributed by atoms with Crippen LogP contribution in [-0.4, -0.2) is 25.0 Å². The third-order valence-electron chi connectivity index (χ3n) is 5.43. The maximum absolute atomic E-state index is 12.0. The van der Waals surface area contributed by atoms with E-state index >= 15 is 0 Å². The van der Waals surface area contributed by atoms with E-state index in [-0.39, 0.29) is 22.7 Å². The first-order valence-electron chi connectivity index (χ1n) is 11.5. The monoisotopic (exact) mass is 397 g/mol. The van der Waals surface area contributed by atoms with Gasteiger partial charge in [0.05, 0.1) is 6.61 Å². The Hall–Kier alpha value is -1.06. The minimum absolute atomic E-state index is 0.00834. The van der Waals surface area contributed by atoms with Crippen LogP contribution >= 0.6 is 0 Å². The second-order valence-corrected chi connectivity index (χ2v) is 9.84. The van der Waals surface area contributed by atoms with Gasteiger partial charge < -0.3 is 10.1 Å². The summed E-state index contributed by atoms with van der Waals surface area (Å²) in [4.78, 5) is 23.8. The summed E-state index contributed by atoms with van der Waals surface area (Å²) >= 11 is 0. The van der Waals surface area contributed by atoms with Crippen LogP contribution in [0.4, 0.5) is 0 Å². The number of rotatable bonds is 17. The molecule has 0 aromatic carbocycles. The molecule has 4 nitrogen and oxygen atoms in total. The van der Waals surface area contributed by atoms with E-state index in [1.807, 2.05) is 0 Å². The van der Waals surface area contributed by atoms with Gasteiger partial charge >= 0.3 is 5.97 Å². The SMILES string of the molecule is CCCCCCCCNC(=O)CCCCC(=O)OCC(C)(C)CC(C)(C)CC.